The first-order chi connectivity index (χ1) is 7.71. The SMILES string of the molecule is O=C(O)c1cc(OC(F)F)c(C(F)(F)F)cn1. The Morgan fingerprint density at radius 2 is 2.00 bits per heavy atom. The third kappa shape index (κ3) is 3.26. The topological polar surface area (TPSA) is 59.4 Å². The van der Waals surface area contributed by atoms with Crippen LogP contribution in [0.5, 0.6) is 5.75 Å². The molecule has 94 valence electrons. The summed E-state index contributed by atoms with van der Waals surface area (Å²) in [4.78, 5) is 13.4. The zero-order chi connectivity index (χ0) is 13.2. The molecule has 0 spiro atoms. The van der Waals surface area contributed by atoms with Crippen molar-refractivity contribution in [1.82, 2.24) is 4.98 Å². The van der Waals surface area contributed by atoms with E-state index in [2.05, 4.69) is 9.72 Å². The summed E-state index contributed by atoms with van der Waals surface area (Å²) in [5, 5.41) is 8.45. The summed E-state index contributed by atoms with van der Waals surface area (Å²) in [6, 6.07) is 0.289. The smallest absolute Gasteiger partial charge is 0.421 e. The maximum absolute atomic E-state index is 12.3. The van der Waals surface area contributed by atoms with Crippen LogP contribution in [-0.4, -0.2) is 22.7 Å². The van der Waals surface area contributed by atoms with Crippen LogP contribution in [0.15, 0.2) is 12.3 Å². The molecular formula is C8H4F5NO3. The Kier molecular flexibility index (Phi) is 3.49. The molecule has 0 aromatic carbocycles. The number of nitrogens with zero attached hydrogens (tertiary/aromatic N) is 1. The standard InChI is InChI=1S/C8H4F5NO3/c9-7(10)17-5-1-4(6(15)16)14-2-3(5)8(11,12)13/h1-2,7H,(H,15,16). The maximum atomic E-state index is 12.3. The summed E-state index contributed by atoms with van der Waals surface area (Å²) in [6.07, 6.45) is -4.84. The molecule has 1 aromatic heterocycles. The summed E-state index contributed by atoms with van der Waals surface area (Å²) in [5.74, 6) is -2.93. The van der Waals surface area contributed by atoms with E-state index >= 15 is 0 Å². The molecule has 1 aromatic rings. The number of carboxylic acids is 1. The number of carbonyl (C=O) groups is 1. The second kappa shape index (κ2) is 4.52. The van der Waals surface area contributed by atoms with E-state index in [0.717, 1.165) is 0 Å². The van der Waals surface area contributed by atoms with Crippen LogP contribution in [-0.2, 0) is 6.18 Å². The summed E-state index contributed by atoms with van der Waals surface area (Å²) in [7, 11) is 0. The predicted octanol–water partition coefficient (Wildman–Crippen LogP) is 2.40. The van der Waals surface area contributed by atoms with Crippen molar-refractivity contribution in [2.75, 3.05) is 0 Å². The average molecular weight is 257 g/mol. The zero-order valence-corrected chi connectivity index (χ0v) is 7.83. The Morgan fingerprint density at radius 1 is 1.41 bits per heavy atom. The first-order valence-electron chi connectivity index (χ1n) is 3.97. The van der Waals surface area contributed by atoms with Gasteiger partial charge < -0.3 is 9.84 Å². The molecule has 0 atom stereocenters. The molecule has 0 amide bonds. The maximum Gasteiger partial charge on any atom is 0.421 e. The summed E-state index contributed by atoms with van der Waals surface area (Å²) in [6.45, 7) is -3.50. The number of hydrogen-bond acceptors (Lipinski definition) is 3. The fraction of sp³-hybridized carbons (Fsp3) is 0.250. The molecule has 1 heterocycles. The van der Waals surface area contributed by atoms with Crippen molar-refractivity contribution >= 4 is 5.97 Å². The van der Waals surface area contributed by atoms with Crippen molar-refractivity contribution in [1.29, 1.82) is 0 Å². The van der Waals surface area contributed by atoms with Crippen molar-refractivity contribution in [2.24, 2.45) is 0 Å². The van der Waals surface area contributed by atoms with Crippen molar-refractivity contribution in [2.45, 2.75) is 12.8 Å². The van der Waals surface area contributed by atoms with Gasteiger partial charge in [-0.15, -0.1) is 0 Å². The van der Waals surface area contributed by atoms with E-state index < -0.39 is 35.8 Å². The monoisotopic (exact) mass is 257 g/mol. The molecule has 0 radical (unpaired) electrons. The van der Waals surface area contributed by atoms with Crippen LogP contribution in [0.3, 0.4) is 0 Å². The Hall–Kier alpha value is -1.93. The van der Waals surface area contributed by atoms with Gasteiger partial charge in [-0.25, -0.2) is 9.78 Å². The fourth-order valence-electron chi connectivity index (χ4n) is 0.960. The van der Waals surface area contributed by atoms with Crippen molar-refractivity contribution in [3.05, 3.63) is 23.5 Å². The lowest BCUT2D eigenvalue weighted by Gasteiger charge is -2.13. The van der Waals surface area contributed by atoms with Gasteiger partial charge in [0.15, 0.2) is 5.69 Å². The van der Waals surface area contributed by atoms with E-state index in [-0.39, 0.29) is 12.3 Å². The highest BCUT2D eigenvalue weighted by Gasteiger charge is 2.36. The van der Waals surface area contributed by atoms with E-state index in [1.165, 1.54) is 0 Å². The average Bonchev–Trinajstić information content (AvgIpc) is 2.14. The molecule has 0 aliphatic heterocycles. The molecule has 1 rings (SSSR count). The van der Waals surface area contributed by atoms with E-state index in [1.807, 2.05) is 0 Å². The molecule has 0 saturated carbocycles. The third-order valence-electron chi connectivity index (χ3n) is 1.61. The van der Waals surface area contributed by atoms with Crippen molar-refractivity contribution < 1.29 is 36.6 Å². The number of carboxylic acid groups (broad SMARTS) is 1. The van der Waals surface area contributed by atoms with Gasteiger partial charge in [-0.3, -0.25) is 0 Å². The molecule has 1 N–H and O–H groups in total. The Balaban J connectivity index is 3.26. The lowest BCUT2D eigenvalue weighted by atomic mass is 10.2. The lowest BCUT2D eigenvalue weighted by molar-refractivity contribution is -0.142. The highest BCUT2D eigenvalue weighted by molar-refractivity contribution is 5.85. The van der Waals surface area contributed by atoms with Gasteiger partial charge in [0.1, 0.15) is 11.3 Å². The van der Waals surface area contributed by atoms with E-state index in [1.54, 1.807) is 0 Å². The summed E-state index contributed by atoms with van der Waals surface area (Å²) < 4.78 is 64.3. The van der Waals surface area contributed by atoms with Crippen LogP contribution < -0.4 is 4.74 Å². The van der Waals surface area contributed by atoms with Gasteiger partial charge in [0.2, 0.25) is 0 Å². The quantitative estimate of drug-likeness (QED) is 0.844. The first kappa shape index (κ1) is 13.1. The summed E-state index contributed by atoms with van der Waals surface area (Å²) >= 11 is 0. The second-order valence-electron chi connectivity index (χ2n) is 2.75. The molecular weight excluding hydrogens is 253 g/mol. The van der Waals surface area contributed by atoms with Crippen LogP contribution in [0.1, 0.15) is 16.1 Å². The van der Waals surface area contributed by atoms with Crippen molar-refractivity contribution in [3.63, 3.8) is 0 Å². The molecule has 0 aliphatic carbocycles. The van der Waals surface area contributed by atoms with Gasteiger partial charge in [0.05, 0.1) is 0 Å². The second-order valence-corrected chi connectivity index (χ2v) is 2.75. The van der Waals surface area contributed by atoms with Gasteiger partial charge in [0, 0.05) is 12.3 Å². The number of aromatic nitrogens is 1. The molecule has 17 heavy (non-hydrogen) atoms. The molecule has 0 bridgehead atoms. The van der Waals surface area contributed by atoms with Gasteiger partial charge in [-0.1, -0.05) is 0 Å². The van der Waals surface area contributed by atoms with Gasteiger partial charge in [0.25, 0.3) is 0 Å². The number of ether oxygens (including phenoxy) is 1. The number of rotatable bonds is 3. The molecule has 4 nitrogen and oxygen atoms in total. The number of halogens is 5. The number of aromatic carboxylic acids is 1. The van der Waals surface area contributed by atoms with Crippen LogP contribution in [0, 0.1) is 0 Å². The Bertz CT molecular complexity index is 432. The Labute approximate surface area is 90.6 Å². The summed E-state index contributed by atoms with van der Waals surface area (Å²) in [5.41, 5.74) is -2.39. The number of alkyl halides is 5. The fourth-order valence-corrected chi connectivity index (χ4v) is 0.960. The molecule has 9 heteroatoms. The number of pyridine rings is 1. The zero-order valence-electron chi connectivity index (χ0n) is 7.83. The minimum Gasteiger partial charge on any atom is -0.477 e. The lowest BCUT2D eigenvalue weighted by Crippen LogP contribution is -2.14. The van der Waals surface area contributed by atoms with Gasteiger partial charge >= 0.3 is 18.8 Å². The van der Waals surface area contributed by atoms with Crippen LogP contribution in [0.2, 0.25) is 0 Å². The number of hydrogen-bond donors (Lipinski definition) is 1. The Morgan fingerprint density at radius 3 is 2.41 bits per heavy atom. The van der Waals surface area contributed by atoms with Gasteiger partial charge in [-0.05, 0) is 0 Å². The van der Waals surface area contributed by atoms with Crippen LogP contribution in [0.25, 0.3) is 0 Å². The van der Waals surface area contributed by atoms with E-state index in [9.17, 15) is 26.7 Å². The highest BCUT2D eigenvalue weighted by Crippen LogP contribution is 2.36. The predicted molar refractivity (Wildman–Crippen MR) is 42.8 cm³/mol. The molecule has 0 saturated heterocycles. The van der Waals surface area contributed by atoms with Crippen LogP contribution >= 0.6 is 0 Å². The third-order valence-corrected chi connectivity index (χ3v) is 1.61. The minimum atomic E-state index is -4.96. The van der Waals surface area contributed by atoms with E-state index in [4.69, 9.17) is 5.11 Å². The van der Waals surface area contributed by atoms with Crippen LogP contribution in [0.4, 0.5) is 22.0 Å². The molecule has 0 fully saturated rings. The van der Waals surface area contributed by atoms with Gasteiger partial charge in [-0.2, -0.15) is 22.0 Å². The van der Waals surface area contributed by atoms with E-state index in [0.29, 0.717) is 0 Å². The normalized spacial score (nSPS) is 11.6. The van der Waals surface area contributed by atoms with Crippen molar-refractivity contribution in [3.8, 4) is 5.75 Å². The first-order valence-corrected chi connectivity index (χ1v) is 3.97. The minimum absolute atomic E-state index is 0.126. The highest BCUT2D eigenvalue weighted by atomic mass is 19.4. The molecule has 0 aliphatic rings. The molecule has 0 unspecified atom stereocenters. The largest absolute Gasteiger partial charge is 0.477 e.